The Bertz CT molecular complexity index is 275. The number of aromatic nitrogens is 1. The van der Waals surface area contributed by atoms with Gasteiger partial charge in [0, 0.05) is 11.8 Å². The van der Waals surface area contributed by atoms with E-state index in [-0.39, 0.29) is 16.5 Å². The van der Waals surface area contributed by atoms with Gasteiger partial charge in [-0.05, 0) is 6.92 Å². The van der Waals surface area contributed by atoms with Crippen LogP contribution < -0.4 is 0 Å². The molecule has 1 aromatic rings. The summed E-state index contributed by atoms with van der Waals surface area (Å²) in [7, 11) is 0. The normalized spacial score (nSPS) is 9.64. The Hall–Kier alpha value is -1.09. The zero-order chi connectivity index (χ0) is 8.43. The summed E-state index contributed by atoms with van der Waals surface area (Å²) < 4.78 is 0. The highest BCUT2D eigenvalue weighted by Gasteiger charge is 2.06. The van der Waals surface area contributed by atoms with E-state index in [2.05, 4.69) is 4.98 Å². The van der Waals surface area contributed by atoms with Gasteiger partial charge in [0.2, 0.25) is 0 Å². The Morgan fingerprint density at radius 3 is 2.82 bits per heavy atom. The van der Waals surface area contributed by atoms with Crippen molar-refractivity contribution in [2.24, 2.45) is 0 Å². The van der Waals surface area contributed by atoms with Gasteiger partial charge in [-0.25, -0.2) is 4.98 Å². The van der Waals surface area contributed by atoms with Crippen molar-refractivity contribution in [2.75, 3.05) is 0 Å². The van der Waals surface area contributed by atoms with E-state index < -0.39 is 0 Å². The molecule has 0 spiro atoms. The maximum absolute atomic E-state index is 10.3. The number of carbonyl (C=O) groups is 1. The fourth-order valence-electron chi connectivity index (χ4n) is 0.738. The summed E-state index contributed by atoms with van der Waals surface area (Å²) in [5.41, 5.74) is 0.621. The highest BCUT2D eigenvalue weighted by atomic mass is 35.5. The highest BCUT2D eigenvalue weighted by Crippen LogP contribution is 2.22. The Balaban J connectivity index is 3.36. The quantitative estimate of drug-likeness (QED) is 0.515. The molecule has 1 rings (SSSR count). The summed E-state index contributed by atoms with van der Waals surface area (Å²) in [5, 5.41) is 9.16. The van der Waals surface area contributed by atoms with Crippen LogP contribution in [0, 0.1) is 6.92 Å². The molecule has 0 aliphatic rings. The lowest BCUT2D eigenvalue weighted by molar-refractivity contribution is 0.112. The molecular formula is C7H6ClNO2. The molecule has 1 aromatic heterocycles. The van der Waals surface area contributed by atoms with Crippen molar-refractivity contribution in [3.63, 3.8) is 0 Å². The van der Waals surface area contributed by atoms with Crippen molar-refractivity contribution >= 4 is 17.9 Å². The first-order chi connectivity index (χ1) is 5.15. The molecule has 11 heavy (non-hydrogen) atoms. The number of carbonyl (C=O) groups excluding carboxylic acids is 1. The van der Waals surface area contributed by atoms with Gasteiger partial charge < -0.3 is 5.11 Å². The summed E-state index contributed by atoms with van der Waals surface area (Å²) in [5.74, 6) is -0.127. The first kappa shape index (κ1) is 8.01. The maximum Gasteiger partial charge on any atom is 0.156 e. The van der Waals surface area contributed by atoms with Crippen LogP contribution in [0.2, 0.25) is 5.15 Å². The number of pyridine rings is 1. The second-order valence-electron chi connectivity index (χ2n) is 2.11. The molecule has 0 radical (unpaired) electrons. The summed E-state index contributed by atoms with van der Waals surface area (Å²) in [6.45, 7) is 1.68. The van der Waals surface area contributed by atoms with Crippen LogP contribution in [0.15, 0.2) is 6.07 Å². The van der Waals surface area contributed by atoms with Crippen LogP contribution >= 0.6 is 11.6 Å². The third kappa shape index (κ3) is 1.49. The minimum atomic E-state index is -0.127. The summed E-state index contributed by atoms with van der Waals surface area (Å²) in [4.78, 5) is 14.1. The molecule has 0 fully saturated rings. The predicted octanol–water partition coefficient (Wildman–Crippen LogP) is 1.56. The molecule has 0 amide bonds. The molecule has 0 bridgehead atoms. The molecule has 4 heteroatoms. The van der Waals surface area contributed by atoms with E-state index >= 15 is 0 Å². The first-order valence-electron chi connectivity index (χ1n) is 2.96. The number of halogens is 1. The van der Waals surface area contributed by atoms with Crippen LogP contribution in [0.5, 0.6) is 5.75 Å². The van der Waals surface area contributed by atoms with E-state index in [1.165, 1.54) is 6.07 Å². The molecule has 0 saturated heterocycles. The van der Waals surface area contributed by atoms with Crippen LogP contribution in [0.25, 0.3) is 0 Å². The summed E-state index contributed by atoms with van der Waals surface area (Å²) in [6.07, 6.45) is 0.476. The highest BCUT2D eigenvalue weighted by molar-refractivity contribution is 6.32. The number of hydrogen-bond acceptors (Lipinski definition) is 3. The van der Waals surface area contributed by atoms with E-state index in [4.69, 9.17) is 16.7 Å². The fourth-order valence-corrected chi connectivity index (χ4v) is 1.01. The van der Waals surface area contributed by atoms with Gasteiger partial charge in [-0.15, -0.1) is 0 Å². The number of nitrogens with zero attached hydrogens (tertiary/aromatic N) is 1. The van der Waals surface area contributed by atoms with Gasteiger partial charge in [-0.3, -0.25) is 4.79 Å². The third-order valence-corrected chi connectivity index (χ3v) is 1.52. The predicted molar refractivity (Wildman–Crippen MR) is 41.0 cm³/mol. The lowest BCUT2D eigenvalue weighted by Crippen LogP contribution is -1.89. The lowest BCUT2D eigenvalue weighted by atomic mass is 10.2. The average Bonchev–Trinajstić information content (AvgIpc) is 1.85. The molecule has 0 aromatic carbocycles. The van der Waals surface area contributed by atoms with Crippen molar-refractivity contribution in [1.29, 1.82) is 0 Å². The van der Waals surface area contributed by atoms with Gasteiger partial charge in [0.25, 0.3) is 0 Å². The van der Waals surface area contributed by atoms with Gasteiger partial charge in [0.15, 0.2) is 6.29 Å². The third-order valence-electron chi connectivity index (χ3n) is 1.24. The second-order valence-corrected chi connectivity index (χ2v) is 2.46. The van der Waals surface area contributed by atoms with Gasteiger partial charge >= 0.3 is 0 Å². The molecule has 58 valence electrons. The summed E-state index contributed by atoms with van der Waals surface area (Å²) in [6, 6.07) is 1.38. The topological polar surface area (TPSA) is 50.2 Å². The number of aryl methyl sites for hydroxylation is 1. The zero-order valence-electron chi connectivity index (χ0n) is 5.84. The van der Waals surface area contributed by atoms with Crippen molar-refractivity contribution in [2.45, 2.75) is 6.92 Å². The Kier molecular flexibility index (Phi) is 2.10. The van der Waals surface area contributed by atoms with Crippen molar-refractivity contribution in [1.82, 2.24) is 4.98 Å². The largest absolute Gasteiger partial charge is 0.507 e. The molecule has 0 atom stereocenters. The van der Waals surface area contributed by atoms with Crippen LogP contribution in [-0.2, 0) is 0 Å². The molecule has 0 aliphatic carbocycles. The van der Waals surface area contributed by atoms with Crippen molar-refractivity contribution in [3.05, 3.63) is 22.5 Å². The molecular weight excluding hydrogens is 166 g/mol. The van der Waals surface area contributed by atoms with E-state index in [9.17, 15) is 4.79 Å². The summed E-state index contributed by atoms with van der Waals surface area (Å²) >= 11 is 5.53. The fraction of sp³-hybridized carbons (Fsp3) is 0.143. The SMILES string of the molecule is Cc1cc(O)c(C=O)c(Cl)n1. The molecule has 0 aliphatic heterocycles. The standard InChI is InChI=1S/C7H6ClNO2/c1-4-2-6(11)5(3-10)7(8)9-4/h2-3H,1H3,(H,9,11). The first-order valence-corrected chi connectivity index (χ1v) is 3.34. The van der Waals surface area contributed by atoms with Crippen molar-refractivity contribution in [3.8, 4) is 5.75 Å². The molecule has 1 N–H and O–H groups in total. The second kappa shape index (κ2) is 2.88. The van der Waals surface area contributed by atoms with Crippen LogP contribution in [0.1, 0.15) is 16.1 Å². The number of hydrogen-bond donors (Lipinski definition) is 1. The monoisotopic (exact) mass is 171 g/mol. The van der Waals surface area contributed by atoms with Crippen LogP contribution in [-0.4, -0.2) is 16.4 Å². The molecule has 0 saturated carbocycles. The van der Waals surface area contributed by atoms with Crippen LogP contribution in [0.3, 0.4) is 0 Å². The number of aldehydes is 1. The molecule has 1 heterocycles. The Labute approximate surface area is 68.6 Å². The van der Waals surface area contributed by atoms with E-state index in [1.54, 1.807) is 6.92 Å². The maximum atomic E-state index is 10.3. The van der Waals surface area contributed by atoms with E-state index in [0.29, 0.717) is 12.0 Å². The zero-order valence-corrected chi connectivity index (χ0v) is 6.59. The minimum absolute atomic E-state index is 0.0391. The smallest absolute Gasteiger partial charge is 0.156 e. The molecule has 3 nitrogen and oxygen atoms in total. The Morgan fingerprint density at radius 1 is 1.73 bits per heavy atom. The Morgan fingerprint density at radius 2 is 2.36 bits per heavy atom. The van der Waals surface area contributed by atoms with Crippen molar-refractivity contribution < 1.29 is 9.90 Å². The van der Waals surface area contributed by atoms with Gasteiger partial charge in [-0.1, -0.05) is 11.6 Å². The van der Waals surface area contributed by atoms with E-state index in [1.807, 2.05) is 0 Å². The van der Waals surface area contributed by atoms with Crippen LogP contribution in [0.4, 0.5) is 0 Å². The van der Waals surface area contributed by atoms with Gasteiger partial charge in [0.05, 0.1) is 5.56 Å². The average molecular weight is 172 g/mol. The number of aromatic hydroxyl groups is 1. The molecule has 0 unspecified atom stereocenters. The number of rotatable bonds is 1. The van der Waals surface area contributed by atoms with Gasteiger partial charge in [-0.2, -0.15) is 0 Å². The minimum Gasteiger partial charge on any atom is -0.507 e. The lowest BCUT2D eigenvalue weighted by Gasteiger charge is -1.99. The van der Waals surface area contributed by atoms with Gasteiger partial charge in [0.1, 0.15) is 10.9 Å². The van der Waals surface area contributed by atoms with E-state index in [0.717, 1.165) is 0 Å².